The highest BCUT2D eigenvalue weighted by atomic mass is 35.5. The predicted molar refractivity (Wildman–Crippen MR) is 90.0 cm³/mol. The van der Waals surface area contributed by atoms with Crippen LogP contribution in [0.15, 0.2) is 59.2 Å². The first-order valence-corrected chi connectivity index (χ1v) is 7.74. The largest absolute Gasteiger partial charge is 0.279 e. The standard InChI is InChI=1S/C16H9Cl2NOS/c17-11-7-5-10(6-8-11)9-14-16(20)21-15(19-14)12-3-1-2-4-13(12)18/h1-9H/b14-9+. The van der Waals surface area contributed by atoms with E-state index in [4.69, 9.17) is 23.2 Å². The monoisotopic (exact) mass is 333 g/mol. The molecule has 0 fully saturated rings. The van der Waals surface area contributed by atoms with E-state index in [1.54, 1.807) is 24.3 Å². The number of thioether (sulfide) groups is 1. The zero-order chi connectivity index (χ0) is 14.8. The summed E-state index contributed by atoms with van der Waals surface area (Å²) >= 11 is 13.1. The first-order valence-electron chi connectivity index (χ1n) is 6.16. The average molecular weight is 334 g/mol. The smallest absolute Gasteiger partial charge is 0.244 e. The van der Waals surface area contributed by atoms with Crippen LogP contribution in [0.1, 0.15) is 11.1 Å². The van der Waals surface area contributed by atoms with Gasteiger partial charge in [0.05, 0.1) is 5.02 Å². The number of rotatable bonds is 2. The molecule has 3 rings (SSSR count). The van der Waals surface area contributed by atoms with Gasteiger partial charge in [0.25, 0.3) is 0 Å². The highest BCUT2D eigenvalue weighted by Crippen LogP contribution is 2.31. The molecule has 2 aromatic carbocycles. The van der Waals surface area contributed by atoms with Gasteiger partial charge in [-0.1, -0.05) is 53.5 Å². The fourth-order valence-electron chi connectivity index (χ4n) is 1.88. The van der Waals surface area contributed by atoms with Crippen LogP contribution in [0, 0.1) is 0 Å². The summed E-state index contributed by atoms with van der Waals surface area (Å²) in [4.78, 5) is 16.4. The summed E-state index contributed by atoms with van der Waals surface area (Å²) in [6, 6.07) is 14.6. The molecular formula is C16H9Cl2NOS. The number of nitrogens with zero attached hydrogens (tertiary/aromatic N) is 1. The van der Waals surface area contributed by atoms with Gasteiger partial charge in [0.2, 0.25) is 5.12 Å². The zero-order valence-corrected chi connectivity index (χ0v) is 13.0. The molecule has 0 aliphatic carbocycles. The van der Waals surface area contributed by atoms with E-state index in [2.05, 4.69) is 4.99 Å². The Kier molecular flexibility index (Phi) is 4.15. The van der Waals surface area contributed by atoms with Crippen molar-refractivity contribution in [3.8, 4) is 0 Å². The normalized spacial score (nSPS) is 16.4. The lowest BCUT2D eigenvalue weighted by molar-refractivity contribution is -0.107. The Morgan fingerprint density at radius 2 is 1.71 bits per heavy atom. The average Bonchev–Trinajstić information content (AvgIpc) is 2.83. The van der Waals surface area contributed by atoms with E-state index in [-0.39, 0.29) is 5.12 Å². The van der Waals surface area contributed by atoms with Crippen molar-refractivity contribution in [1.82, 2.24) is 0 Å². The summed E-state index contributed by atoms with van der Waals surface area (Å²) in [5.41, 5.74) is 2.07. The second-order valence-corrected chi connectivity index (χ2v) is 6.17. The Labute approximate surface area is 136 Å². The van der Waals surface area contributed by atoms with Gasteiger partial charge in [-0.2, -0.15) is 0 Å². The predicted octanol–water partition coefficient (Wildman–Crippen LogP) is 5.05. The van der Waals surface area contributed by atoms with Crippen molar-refractivity contribution >= 4 is 51.2 Å². The molecule has 104 valence electrons. The molecule has 0 spiro atoms. The highest BCUT2D eigenvalue weighted by Gasteiger charge is 2.24. The maximum absolute atomic E-state index is 12.1. The van der Waals surface area contributed by atoms with E-state index in [1.807, 2.05) is 30.3 Å². The molecule has 1 heterocycles. The first kappa shape index (κ1) is 14.4. The van der Waals surface area contributed by atoms with E-state index < -0.39 is 0 Å². The number of hydrogen-bond donors (Lipinski definition) is 0. The fourth-order valence-corrected chi connectivity index (χ4v) is 3.10. The molecule has 0 unspecified atom stereocenters. The molecule has 1 aliphatic rings. The SMILES string of the molecule is O=C1SC(c2ccccc2Cl)=N/C1=C/c1ccc(Cl)cc1. The summed E-state index contributed by atoms with van der Waals surface area (Å²) in [5.74, 6) is 0. The van der Waals surface area contributed by atoms with Crippen LogP contribution < -0.4 is 0 Å². The minimum atomic E-state index is -0.0835. The Balaban J connectivity index is 1.96. The van der Waals surface area contributed by atoms with Crippen LogP contribution in [-0.4, -0.2) is 10.2 Å². The van der Waals surface area contributed by atoms with Gasteiger partial charge in [-0.15, -0.1) is 0 Å². The van der Waals surface area contributed by atoms with Crippen LogP contribution in [0.5, 0.6) is 0 Å². The lowest BCUT2D eigenvalue weighted by Gasteiger charge is -1.99. The number of hydrogen-bond acceptors (Lipinski definition) is 3. The molecule has 2 nitrogen and oxygen atoms in total. The Bertz CT molecular complexity index is 766. The second-order valence-electron chi connectivity index (χ2n) is 4.37. The van der Waals surface area contributed by atoms with E-state index in [0.29, 0.717) is 20.8 Å². The van der Waals surface area contributed by atoms with Gasteiger partial charge in [0.15, 0.2) is 0 Å². The highest BCUT2D eigenvalue weighted by molar-refractivity contribution is 8.27. The maximum atomic E-state index is 12.1. The van der Waals surface area contributed by atoms with Crippen LogP contribution in [0.2, 0.25) is 10.0 Å². The molecule has 0 aromatic heterocycles. The van der Waals surface area contributed by atoms with Gasteiger partial charge in [0, 0.05) is 10.6 Å². The Morgan fingerprint density at radius 3 is 2.43 bits per heavy atom. The summed E-state index contributed by atoms with van der Waals surface area (Å²) in [6.07, 6.45) is 1.75. The van der Waals surface area contributed by atoms with Gasteiger partial charge in [-0.3, -0.25) is 4.79 Å². The summed E-state index contributed by atoms with van der Waals surface area (Å²) in [6.45, 7) is 0. The maximum Gasteiger partial charge on any atom is 0.244 e. The zero-order valence-electron chi connectivity index (χ0n) is 10.7. The molecule has 0 atom stereocenters. The van der Waals surface area contributed by atoms with Gasteiger partial charge >= 0.3 is 0 Å². The molecule has 0 N–H and O–H groups in total. The van der Waals surface area contributed by atoms with Crippen LogP contribution >= 0.6 is 35.0 Å². The third-order valence-corrected chi connectivity index (χ3v) is 4.38. The summed E-state index contributed by atoms with van der Waals surface area (Å²) < 4.78 is 0. The third kappa shape index (κ3) is 3.21. The fraction of sp³-hybridized carbons (Fsp3) is 0. The molecule has 1 aliphatic heterocycles. The molecular weight excluding hydrogens is 325 g/mol. The lowest BCUT2D eigenvalue weighted by atomic mass is 10.2. The number of carbonyl (C=O) groups excluding carboxylic acids is 1. The van der Waals surface area contributed by atoms with Gasteiger partial charge in [-0.25, -0.2) is 4.99 Å². The van der Waals surface area contributed by atoms with Gasteiger partial charge in [-0.05, 0) is 41.6 Å². The van der Waals surface area contributed by atoms with Crippen molar-refractivity contribution < 1.29 is 4.79 Å². The van der Waals surface area contributed by atoms with Crippen molar-refractivity contribution in [2.45, 2.75) is 0 Å². The van der Waals surface area contributed by atoms with E-state index >= 15 is 0 Å². The van der Waals surface area contributed by atoms with Gasteiger partial charge in [0.1, 0.15) is 10.7 Å². The number of carbonyl (C=O) groups is 1. The van der Waals surface area contributed by atoms with Crippen LogP contribution in [0.4, 0.5) is 0 Å². The Morgan fingerprint density at radius 1 is 1.00 bits per heavy atom. The van der Waals surface area contributed by atoms with Crippen LogP contribution in [0.25, 0.3) is 6.08 Å². The third-order valence-electron chi connectivity index (χ3n) is 2.90. The Hall–Kier alpha value is -1.55. The van der Waals surface area contributed by atoms with Crippen molar-refractivity contribution in [2.75, 3.05) is 0 Å². The number of halogens is 2. The van der Waals surface area contributed by atoms with Crippen molar-refractivity contribution in [2.24, 2.45) is 4.99 Å². The number of benzene rings is 2. The molecule has 0 bridgehead atoms. The molecule has 5 heteroatoms. The van der Waals surface area contributed by atoms with E-state index in [1.165, 1.54) is 0 Å². The molecule has 0 saturated carbocycles. The lowest BCUT2D eigenvalue weighted by Crippen LogP contribution is -1.93. The second kappa shape index (κ2) is 6.06. The number of aliphatic imine (C=N–C) groups is 1. The molecule has 2 aromatic rings. The quantitative estimate of drug-likeness (QED) is 0.719. The van der Waals surface area contributed by atoms with Crippen LogP contribution in [0.3, 0.4) is 0 Å². The van der Waals surface area contributed by atoms with Gasteiger partial charge < -0.3 is 0 Å². The topological polar surface area (TPSA) is 29.4 Å². The minimum Gasteiger partial charge on any atom is -0.279 e. The minimum absolute atomic E-state index is 0.0835. The molecule has 21 heavy (non-hydrogen) atoms. The molecule has 0 saturated heterocycles. The van der Waals surface area contributed by atoms with E-state index in [9.17, 15) is 4.79 Å². The van der Waals surface area contributed by atoms with Crippen LogP contribution in [-0.2, 0) is 4.79 Å². The van der Waals surface area contributed by atoms with Crippen molar-refractivity contribution in [3.05, 3.63) is 75.4 Å². The van der Waals surface area contributed by atoms with Crippen molar-refractivity contribution in [1.29, 1.82) is 0 Å². The first-order chi connectivity index (χ1) is 10.1. The van der Waals surface area contributed by atoms with Crippen molar-refractivity contribution in [3.63, 3.8) is 0 Å². The molecule has 0 amide bonds. The summed E-state index contributed by atoms with van der Waals surface area (Å²) in [5, 5.41) is 1.79. The molecule has 0 radical (unpaired) electrons. The van der Waals surface area contributed by atoms with E-state index in [0.717, 1.165) is 22.9 Å². The summed E-state index contributed by atoms with van der Waals surface area (Å²) in [7, 11) is 0.